The van der Waals surface area contributed by atoms with E-state index in [0.717, 1.165) is 32.9 Å². The molecule has 0 amide bonds. The van der Waals surface area contributed by atoms with Gasteiger partial charge in [0.1, 0.15) is 0 Å². The molecule has 0 aliphatic heterocycles. The summed E-state index contributed by atoms with van der Waals surface area (Å²) in [4.78, 5) is 8.39. The Morgan fingerprint density at radius 2 is 1.00 bits per heavy atom. The van der Waals surface area contributed by atoms with E-state index >= 15 is 0 Å². The van der Waals surface area contributed by atoms with Crippen molar-refractivity contribution in [3.63, 3.8) is 0 Å². The zero-order chi connectivity index (χ0) is 38.4. The summed E-state index contributed by atoms with van der Waals surface area (Å²) in [6.45, 7) is 0. The van der Waals surface area contributed by atoms with Crippen LogP contribution in [-0.4, -0.2) is 78.8 Å². The average Bonchev–Trinajstić information content (AvgIpc) is 3.57. The molecule has 0 fully saturated rings. The lowest BCUT2D eigenvalue weighted by molar-refractivity contribution is 0.586. The SMILES string of the molecule is CS(=O)(=O)N(c1cnc2c(c1)c(I)cn2S(=O)(=O)c1ccccc1)S(C)(=O)=O.CS(=O)(=O)Nc1cnc2c(c1)c(I)cn2S(=O)(=O)c1ccccc1. The number of sulfonamides is 3. The van der Waals surface area contributed by atoms with Gasteiger partial charge in [-0.2, -0.15) is 3.71 Å². The second-order valence-corrected chi connectivity index (χ2v) is 22.5. The standard InChI is InChI=1S/C15H14IN3O6S3.C14H12IN3O4S2/c1-26(20,21)19(27(2,22)23)11-8-13-14(16)10-18(15(13)17-9-11)28(24,25)12-6-4-3-5-7-12;1-23(19,20)17-10-7-12-13(15)9-18(14(12)16-8-10)24(21,22)11-5-3-2-4-6-11/h3-10H,1-2H3;2-9,17H,1H3. The average molecular weight is 1030 g/mol. The molecule has 0 spiro atoms. The van der Waals surface area contributed by atoms with E-state index in [4.69, 9.17) is 0 Å². The first-order valence-electron chi connectivity index (χ1n) is 14.1. The highest BCUT2D eigenvalue weighted by Gasteiger charge is 2.29. The lowest BCUT2D eigenvalue weighted by Gasteiger charge is -2.19. The van der Waals surface area contributed by atoms with E-state index in [0.29, 0.717) is 17.9 Å². The lowest BCUT2D eigenvalue weighted by Crippen LogP contribution is -2.35. The van der Waals surface area contributed by atoms with Crippen LogP contribution < -0.4 is 8.43 Å². The first-order chi connectivity index (χ1) is 24.0. The van der Waals surface area contributed by atoms with Gasteiger partial charge in [0.2, 0.25) is 30.1 Å². The molecule has 4 heterocycles. The Hall–Kier alpha value is -3.37. The molecule has 0 radical (unpaired) electrons. The summed E-state index contributed by atoms with van der Waals surface area (Å²) >= 11 is 3.87. The van der Waals surface area contributed by atoms with Gasteiger partial charge in [-0.25, -0.2) is 60.0 Å². The maximum absolute atomic E-state index is 12.9. The lowest BCUT2D eigenvalue weighted by atomic mass is 10.3. The molecule has 1 N–H and O–H groups in total. The minimum Gasteiger partial charge on any atom is -0.282 e. The van der Waals surface area contributed by atoms with Gasteiger partial charge in [0.05, 0.1) is 52.3 Å². The molecule has 0 aliphatic carbocycles. The van der Waals surface area contributed by atoms with Gasteiger partial charge >= 0.3 is 0 Å². The van der Waals surface area contributed by atoms with Crippen molar-refractivity contribution in [2.45, 2.75) is 9.79 Å². The van der Waals surface area contributed by atoms with Crippen molar-refractivity contribution in [3.8, 4) is 0 Å². The van der Waals surface area contributed by atoms with Gasteiger partial charge in [0, 0.05) is 30.3 Å². The van der Waals surface area contributed by atoms with Crippen molar-refractivity contribution in [1.29, 1.82) is 0 Å². The van der Waals surface area contributed by atoms with E-state index in [9.17, 15) is 42.1 Å². The van der Waals surface area contributed by atoms with Crippen molar-refractivity contribution in [1.82, 2.24) is 17.9 Å². The summed E-state index contributed by atoms with van der Waals surface area (Å²) in [5.41, 5.74) is 0.365. The maximum atomic E-state index is 12.9. The molecule has 0 unspecified atom stereocenters. The van der Waals surface area contributed by atoms with Crippen LogP contribution in [0, 0.1) is 7.14 Å². The molecule has 0 saturated heterocycles. The number of pyridine rings is 2. The summed E-state index contributed by atoms with van der Waals surface area (Å²) in [5, 5.41) is 0.846. The minimum atomic E-state index is -4.14. The Bertz CT molecular complexity index is 2870. The predicted octanol–water partition coefficient (Wildman–Crippen LogP) is 3.85. The molecule has 16 nitrogen and oxygen atoms in total. The van der Waals surface area contributed by atoms with Crippen LogP contribution >= 0.6 is 45.2 Å². The largest absolute Gasteiger partial charge is 0.282 e. The Morgan fingerprint density at radius 3 is 1.40 bits per heavy atom. The number of hydrogen-bond donors (Lipinski definition) is 1. The first kappa shape index (κ1) is 39.8. The van der Waals surface area contributed by atoms with Crippen molar-refractivity contribution in [2.75, 3.05) is 27.2 Å². The van der Waals surface area contributed by atoms with Crippen LogP contribution in [-0.2, 0) is 50.1 Å². The molecular weight excluding hydrogens is 1010 g/mol. The first-order valence-corrected chi connectivity index (χ1v) is 24.8. The molecule has 0 bridgehead atoms. The Balaban J connectivity index is 0.000000203. The van der Waals surface area contributed by atoms with Gasteiger partial charge in [0.15, 0.2) is 11.3 Å². The van der Waals surface area contributed by atoms with Crippen LogP contribution in [0.4, 0.5) is 11.4 Å². The number of nitrogens with zero attached hydrogens (tertiary/aromatic N) is 5. The fraction of sp³-hybridized carbons (Fsp3) is 0.103. The van der Waals surface area contributed by atoms with Gasteiger partial charge < -0.3 is 0 Å². The molecule has 0 saturated carbocycles. The summed E-state index contributed by atoms with van der Waals surface area (Å²) in [5.74, 6) is 0. The number of hydrogen-bond acceptors (Lipinski definition) is 12. The molecule has 0 aliphatic rings. The molecular formula is C29H26I2N6O10S5. The number of benzene rings is 2. The third-order valence-corrected chi connectivity index (χ3v) is 15.7. The van der Waals surface area contributed by atoms with Crippen LogP contribution in [0.2, 0.25) is 0 Å². The van der Waals surface area contributed by atoms with E-state index in [2.05, 4.69) is 14.7 Å². The van der Waals surface area contributed by atoms with Crippen molar-refractivity contribution >= 4 is 129 Å². The molecule has 2 aromatic carbocycles. The van der Waals surface area contributed by atoms with Gasteiger partial charge in [-0.3, -0.25) is 4.72 Å². The fourth-order valence-corrected chi connectivity index (χ4v) is 12.7. The van der Waals surface area contributed by atoms with E-state index < -0.39 is 50.1 Å². The van der Waals surface area contributed by atoms with Crippen LogP contribution in [0.3, 0.4) is 0 Å². The molecule has 0 atom stereocenters. The fourth-order valence-electron chi connectivity index (χ4n) is 4.85. The number of nitrogens with one attached hydrogen (secondary N) is 1. The van der Waals surface area contributed by atoms with Gasteiger partial charge in [-0.05, 0) is 81.6 Å². The number of aromatic nitrogens is 4. The molecule has 52 heavy (non-hydrogen) atoms. The summed E-state index contributed by atoms with van der Waals surface area (Å²) in [7, 11) is -19.4. The second kappa shape index (κ2) is 14.5. The molecule has 23 heteroatoms. The Morgan fingerprint density at radius 1 is 0.596 bits per heavy atom. The minimum absolute atomic E-state index is 0.0546. The molecule has 6 aromatic rings. The Labute approximate surface area is 327 Å². The predicted molar refractivity (Wildman–Crippen MR) is 214 cm³/mol. The highest BCUT2D eigenvalue weighted by Crippen LogP contribution is 2.31. The quantitative estimate of drug-likeness (QED) is 0.204. The number of fused-ring (bicyclic) bond motifs is 2. The van der Waals surface area contributed by atoms with E-state index in [1.165, 1.54) is 48.9 Å². The maximum Gasteiger partial charge on any atom is 0.269 e. The second-order valence-electron chi connectivity index (χ2n) is 10.9. The highest BCUT2D eigenvalue weighted by atomic mass is 127. The summed E-state index contributed by atoms with van der Waals surface area (Å²) in [6.07, 6.45) is 7.66. The van der Waals surface area contributed by atoms with Crippen molar-refractivity contribution in [2.24, 2.45) is 0 Å². The molecule has 6 rings (SSSR count). The third-order valence-electron chi connectivity index (χ3n) is 6.83. The third kappa shape index (κ3) is 8.38. The normalized spacial score (nSPS) is 12.7. The van der Waals surface area contributed by atoms with Crippen LogP contribution in [0.25, 0.3) is 22.1 Å². The smallest absolute Gasteiger partial charge is 0.269 e. The van der Waals surface area contributed by atoms with Gasteiger partial charge in [0.25, 0.3) is 20.0 Å². The van der Waals surface area contributed by atoms with Crippen LogP contribution in [0.15, 0.2) is 107 Å². The van der Waals surface area contributed by atoms with Gasteiger partial charge in [-0.1, -0.05) is 36.4 Å². The molecule has 276 valence electrons. The van der Waals surface area contributed by atoms with E-state index in [-0.39, 0.29) is 36.2 Å². The van der Waals surface area contributed by atoms with Crippen molar-refractivity contribution in [3.05, 3.63) is 105 Å². The van der Waals surface area contributed by atoms with Crippen LogP contribution in [0.5, 0.6) is 0 Å². The number of anilines is 2. The van der Waals surface area contributed by atoms with E-state index in [1.807, 2.05) is 45.2 Å². The zero-order valence-electron chi connectivity index (χ0n) is 26.9. The molecule has 4 aromatic heterocycles. The monoisotopic (exact) mass is 1030 g/mol. The summed E-state index contributed by atoms with van der Waals surface area (Å²) < 4.78 is 128. The van der Waals surface area contributed by atoms with E-state index in [1.54, 1.807) is 42.5 Å². The van der Waals surface area contributed by atoms with Crippen LogP contribution in [0.1, 0.15) is 0 Å². The summed E-state index contributed by atoms with van der Waals surface area (Å²) in [6, 6.07) is 18.6. The van der Waals surface area contributed by atoms with Gasteiger partial charge in [-0.15, -0.1) is 0 Å². The Kier molecular flexibility index (Phi) is 11.1. The number of halogens is 2. The van der Waals surface area contributed by atoms with Crippen molar-refractivity contribution < 1.29 is 42.1 Å². The topological polar surface area (TPSA) is 222 Å². The zero-order valence-corrected chi connectivity index (χ0v) is 35.3. The number of rotatable bonds is 9. The highest BCUT2D eigenvalue weighted by molar-refractivity contribution is 14.1.